The first-order valence-corrected chi connectivity index (χ1v) is 5.62. The zero-order valence-corrected chi connectivity index (χ0v) is 10.2. The number of anilines is 1. The molecular weight excluding hydrogens is 263 g/mol. The largest absolute Gasteiger partial charge is 0.417 e. The smallest absolute Gasteiger partial charge is 0.327 e. The third-order valence-corrected chi connectivity index (χ3v) is 2.42. The molecule has 0 fully saturated rings. The number of carbonyl (C=O) groups excluding carboxylic acids is 1. The van der Waals surface area contributed by atoms with Gasteiger partial charge >= 0.3 is 6.18 Å². The highest BCUT2D eigenvalue weighted by atomic mass is 19.4. The standard InChI is InChI=1S/C11H14F3N3O2/c1-2-3-7(15)9(18)17-8-4-6(11(12,13)14)5-16-10(8)19/h4-5,7H,2-3,15H2,1H3,(H,16,19)(H,17,18). The van der Waals surface area contributed by atoms with Gasteiger partial charge in [0.2, 0.25) is 5.91 Å². The van der Waals surface area contributed by atoms with E-state index in [9.17, 15) is 22.8 Å². The van der Waals surface area contributed by atoms with Crippen LogP contribution in [0.4, 0.5) is 18.9 Å². The molecule has 8 heteroatoms. The minimum Gasteiger partial charge on any atom is -0.327 e. The van der Waals surface area contributed by atoms with Crippen molar-refractivity contribution in [1.29, 1.82) is 0 Å². The molecule has 1 aromatic heterocycles. The Kier molecular flexibility index (Phi) is 4.71. The molecule has 0 aliphatic rings. The highest BCUT2D eigenvalue weighted by Gasteiger charge is 2.31. The summed E-state index contributed by atoms with van der Waals surface area (Å²) in [7, 11) is 0. The number of halogens is 3. The Morgan fingerprint density at radius 3 is 2.68 bits per heavy atom. The summed E-state index contributed by atoms with van der Waals surface area (Å²) in [5.74, 6) is -0.688. The number of nitrogens with one attached hydrogen (secondary N) is 2. The fraction of sp³-hybridized carbons (Fsp3) is 0.455. The minimum absolute atomic E-state index is 0.378. The number of hydrogen-bond acceptors (Lipinski definition) is 3. The number of nitrogens with two attached hydrogens (primary N) is 1. The molecule has 1 heterocycles. The van der Waals surface area contributed by atoms with E-state index in [0.29, 0.717) is 25.1 Å². The maximum Gasteiger partial charge on any atom is 0.417 e. The second kappa shape index (κ2) is 5.87. The number of amides is 1. The molecule has 0 aromatic carbocycles. The van der Waals surface area contributed by atoms with E-state index in [2.05, 4.69) is 5.32 Å². The van der Waals surface area contributed by atoms with E-state index < -0.39 is 34.9 Å². The quantitative estimate of drug-likeness (QED) is 0.778. The maximum atomic E-state index is 12.5. The Morgan fingerprint density at radius 2 is 2.16 bits per heavy atom. The molecule has 1 amide bonds. The van der Waals surface area contributed by atoms with Crippen molar-refractivity contribution in [3.05, 3.63) is 28.2 Å². The van der Waals surface area contributed by atoms with Gasteiger partial charge in [0, 0.05) is 6.20 Å². The van der Waals surface area contributed by atoms with Crippen molar-refractivity contribution in [3.8, 4) is 0 Å². The predicted molar refractivity (Wildman–Crippen MR) is 63.6 cm³/mol. The first-order valence-electron chi connectivity index (χ1n) is 5.62. The molecule has 106 valence electrons. The van der Waals surface area contributed by atoms with Gasteiger partial charge in [-0.25, -0.2) is 0 Å². The third kappa shape index (κ3) is 4.09. The lowest BCUT2D eigenvalue weighted by Gasteiger charge is -2.12. The van der Waals surface area contributed by atoms with Gasteiger partial charge in [0.1, 0.15) is 5.69 Å². The van der Waals surface area contributed by atoms with Crippen molar-refractivity contribution in [3.63, 3.8) is 0 Å². The average molecular weight is 277 g/mol. The van der Waals surface area contributed by atoms with Crippen LogP contribution in [-0.4, -0.2) is 16.9 Å². The predicted octanol–water partition coefficient (Wildman–Crippen LogP) is 1.46. The summed E-state index contributed by atoms with van der Waals surface area (Å²) in [5.41, 5.74) is 3.17. The fourth-order valence-corrected chi connectivity index (χ4v) is 1.41. The summed E-state index contributed by atoms with van der Waals surface area (Å²) in [6.07, 6.45) is -3.03. The summed E-state index contributed by atoms with van der Waals surface area (Å²) in [6.45, 7) is 1.81. The van der Waals surface area contributed by atoms with Crippen molar-refractivity contribution >= 4 is 11.6 Å². The van der Waals surface area contributed by atoms with Gasteiger partial charge in [0.15, 0.2) is 0 Å². The van der Waals surface area contributed by atoms with Gasteiger partial charge in [-0.3, -0.25) is 9.59 Å². The van der Waals surface area contributed by atoms with Crippen molar-refractivity contribution in [2.24, 2.45) is 5.73 Å². The summed E-state index contributed by atoms with van der Waals surface area (Å²) < 4.78 is 37.4. The lowest BCUT2D eigenvalue weighted by atomic mass is 10.1. The molecule has 4 N–H and O–H groups in total. The average Bonchev–Trinajstić information content (AvgIpc) is 2.30. The van der Waals surface area contributed by atoms with Crippen molar-refractivity contribution < 1.29 is 18.0 Å². The Balaban J connectivity index is 2.95. The fourth-order valence-electron chi connectivity index (χ4n) is 1.41. The maximum absolute atomic E-state index is 12.5. The molecule has 19 heavy (non-hydrogen) atoms. The first-order chi connectivity index (χ1) is 8.75. The van der Waals surface area contributed by atoms with E-state index in [1.54, 1.807) is 0 Å². The Labute approximate surface area is 107 Å². The van der Waals surface area contributed by atoms with Crippen LogP contribution in [0, 0.1) is 0 Å². The molecular formula is C11H14F3N3O2. The molecule has 0 aliphatic heterocycles. The van der Waals surface area contributed by atoms with Crippen LogP contribution in [0.5, 0.6) is 0 Å². The van der Waals surface area contributed by atoms with E-state index >= 15 is 0 Å². The van der Waals surface area contributed by atoms with Gasteiger partial charge in [-0.1, -0.05) is 13.3 Å². The van der Waals surface area contributed by atoms with Crippen LogP contribution < -0.4 is 16.6 Å². The van der Waals surface area contributed by atoms with E-state index in [1.807, 2.05) is 11.9 Å². The normalized spacial score (nSPS) is 13.1. The number of pyridine rings is 1. The van der Waals surface area contributed by atoms with E-state index in [-0.39, 0.29) is 0 Å². The summed E-state index contributed by atoms with van der Waals surface area (Å²) in [4.78, 5) is 24.8. The lowest BCUT2D eigenvalue weighted by molar-refractivity contribution is -0.137. The molecule has 1 unspecified atom stereocenters. The summed E-state index contributed by atoms with van der Waals surface area (Å²) in [6, 6.07) is -0.283. The Morgan fingerprint density at radius 1 is 1.53 bits per heavy atom. The molecule has 0 saturated heterocycles. The molecule has 1 atom stereocenters. The van der Waals surface area contributed by atoms with Crippen LogP contribution in [0.25, 0.3) is 0 Å². The summed E-state index contributed by atoms with van der Waals surface area (Å²) in [5, 5.41) is 2.10. The number of H-pyrrole nitrogens is 1. The molecule has 0 spiro atoms. The number of alkyl halides is 3. The lowest BCUT2D eigenvalue weighted by Crippen LogP contribution is -2.36. The Hall–Kier alpha value is -1.83. The molecule has 0 bridgehead atoms. The van der Waals surface area contributed by atoms with Gasteiger partial charge in [-0.15, -0.1) is 0 Å². The number of aromatic nitrogens is 1. The zero-order chi connectivity index (χ0) is 14.6. The van der Waals surface area contributed by atoms with Crippen LogP contribution in [-0.2, 0) is 11.0 Å². The zero-order valence-electron chi connectivity index (χ0n) is 10.2. The Bertz CT molecular complexity index is 511. The van der Waals surface area contributed by atoms with Crippen molar-refractivity contribution in [2.75, 3.05) is 5.32 Å². The van der Waals surface area contributed by atoms with Gasteiger partial charge in [0.05, 0.1) is 11.6 Å². The van der Waals surface area contributed by atoms with Crippen LogP contribution in [0.1, 0.15) is 25.3 Å². The number of rotatable bonds is 4. The van der Waals surface area contributed by atoms with Crippen LogP contribution in [0.2, 0.25) is 0 Å². The molecule has 5 nitrogen and oxygen atoms in total. The molecule has 0 radical (unpaired) electrons. The van der Waals surface area contributed by atoms with Crippen LogP contribution >= 0.6 is 0 Å². The summed E-state index contributed by atoms with van der Waals surface area (Å²) >= 11 is 0. The minimum atomic E-state index is -4.60. The van der Waals surface area contributed by atoms with Crippen molar-refractivity contribution in [2.45, 2.75) is 32.0 Å². The van der Waals surface area contributed by atoms with Gasteiger partial charge in [0.25, 0.3) is 5.56 Å². The molecule has 0 saturated carbocycles. The SMILES string of the molecule is CCCC(N)C(=O)Nc1cc(C(F)(F)F)c[nH]c1=O. The topological polar surface area (TPSA) is 88.0 Å². The van der Waals surface area contributed by atoms with E-state index in [1.165, 1.54) is 0 Å². The van der Waals surface area contributed by atoms with E-state index in [4.69, 9.17) is 5.73 Å². The first kappa shape index (κ1) is 15.2. The van der Waals surface area contributed by atoms with Crippen LogP contribution in [0.15, 0.2) is 17.1 Å². The molecule has 0 aliphatic carbocycles. The molecule has 1 aromatic rings. The second-order valence-electron chi connectivity index (χ2n) is 4.01. The number of aromatic amines is 1. The van der Waals surface area contributed by atoms with Gasteiger partial charge < -0.3 is 16.0 Å². The van der Waals surface area contributed by atoms with Gasteiger partial charge in [-0.05, 0) is 12.5 Å². The van der Waals surface area contributed by atoms with Gasteiger partial charge in [-0.2, -0.15) is 13.2 Å². The number of carbonyl (C=O) groups is 1. The van der Waals surface area contributed by atoms with Crippen LogP contribution in [0.3, 0.4) is 0 Å². The third-order valence-electron chi connectivity index (χ3n) is 2.42. The van der Waals surface area contributed by atoms with Crippen molar-refractivity contribution in [1.82, 2.24) is 4.98 Å². The second-order valence-corrected chi connectivity index (χ2v) is 4.01. The van der Waals surface area contributed by atoms with E-state index in [0.717, 1.165) is 0 Å². The molecule has 1 rings (SSSR count). The highest BCUT2D eigenvalue weighted by molar-refractivity contribution is 5.94. The monoisotopic (exact) mass is 277 g/mol. The number of hydrogen-bond donors (Lipinski definition) is 3. The highest BCUT2D eigenvalue weighted by Crippen LogP contribution is 2.29.